The van der Waals surface area contributed by atoms with Crippen molar-refractivity contribution in [2.75, 3.05) is 19.4 Å². The molecule has 1 aromatic carbocycles. The number of anilines is 1. The fraction of sp³-hybridized carbons (Fsp3) is 0.529. The van der Waals surface area contributed by atoms with E-state index in [4.69, 9.17) is 5.11 Å². The average molecular weight is 368 g/mol. The molecule has 1 aromatic rings. The quantitative estimate of drug-likeness (QED) is 0.828. The van der Waals surface area contributed by atoms with Crippen molar-refractivity contribution in [3.05, 3.63) is 23.8 Å². The van der Waals surface area contributed by atoms with Gasteiger partial charge < -0.3 is 10.4 Å². The van der Waals surface area contributed by atoms with E-state index in [1.54, 1.807) is 19.1 Å². The zero-order valence-electron chi connectivity index (χ0n) is 14.7. The van der Waals surface area contributed by atoms with Gasteiger partial charge in [0.25, 0.3) is 0 Å². The highest BCUT2D eigenvalue weighted by Gasteiger charge is 2.30. The lowest BCUT2D eigenvalue weighted by atomic mass is 9.81. The molecule has 0 saturated heterocycles. The normalized spacial score (nSPS) is 21.1. The number of nitrogens with one attached hydrogen (secondary N) is 1. The van der Waals surface area contributed by atoms with Gasteiger partial charge in [-0.25, -0.2) is 12.7 Å². The second-order valence-corrected chi connectivity index (χ2v) is 8.76. The highest BCUT2D eigenvalue weighted by atomic mass is 32.2. The molecule has 0 radical (unpaired) electrons. The van der Waals surface area contributed by atoms with Crippen LogP contribution in [0.4, 0.5) is 5.69 Å². The lowest BCUT2D eigenvalue weighted by Gasteiger charge is -2.25. The number of hydrogen-bond acceptors (Lipinski definition) is 4. The number of amides is 1. The molecule has 2 N–H and O–H groups in total. The molecule has 1 aliphatic rings. The van der Waals surface area contributed by atoms with Crippen LogP contribution in [-0.2, 0) is 19.6 Å². The number of aryl methyl sites for hydroxylation is 1. The Morgan fingerprint density at radius 2 is 1.68 bits per heavy atom. The van der Waals surface area contributed by atoms with Crippen LogP contribution in [0.2, 0.25) is 0 Å². The summed E-state index contributed by atoms with van der Waals surface area (Å²) in [7, 11) is -0.672. The molecule has 0 atom stereocenters. The van der Waals surface area contributed by atoms with E-state index >= 15 is 0 Å². The Bertz CT molecular complexity index is 765. The maximum Gasteiger partial charge on any atom is 0.306 e. The van der Waals surface area contributed by atoms with Crippen LogP contribution in [0.5, 0.6) is 0 Å². The Kier molecular flexibility index (Phi) is 5.84. The third-order valence-electron chi connectivity index (χ3n) is 4.66. The van der Waals surface area contributed by atoms with Crippen LogP contribution < -0.4 is 5.32 Å². The number of carbonyl (C=O) groups is 2. The van der Waals surface area contributed by atoms with Crippen molar-refractivity contribution in [1.29, 1.82) is 0 Å². The van der Waals surface area contributed by atoms with E-state index in [9.17, 15) is 18.0 Å². The van der Waals surface area contributed by atoms with E-state index in [1.165, 1.54) is 20.2 Å². The van der Waals surface area contributed by atoms with E-state index in [0.717, 1.165) is 4.31 Å². The number of hydrogen-bond donors (Lipinski definition) is 2. The first kappa shape index (κ1) is 19.4. The summed E-state index contributed by atoms with van der Waals surface area (Å²) in [5.41, 5.74) is 1.03. The minimum Gasteiger partial charge on any atom is -0.481 e. The lowest BCUT2D eigenvalue weighted by Crippen LogP contribution is -2.29. The highest BCUT2D eigenvalue weighted by molar-refractivity contribution is 7.89. The molecule has 7 nitrogen and oxygen atoms in total. The van der Waals surface area contributed by atoms with Gasteiger partial charge in [0.05, 0.1) is 10.8 Å². The fourth-order valence-electron chi connectivity index (χ4n) is 3.00. The minimum atomic E-state index is -3.59. The van der Waals surface area contributed by atoms with Crippen molar-refractivity contribution < 1.29 is 23.1 Å². The highest BCUT2D eigenvalue weighted by Crippen LogP contribution is 2.30. The molecule has 0 unspecified atom stereocenters. The SMILES string of the molecule is Cc1ccc(NC(=O)C2CCC(C(=O)O)CC2)cc1S(=O)(=O)N(C)C. The molecule has 1 amide bonds. The lowest BCUT2D eigenvalue weighted by molar-refractivity contribution is -0.143. The topological polar surface area (TPSA) is 104 Å². The maximum atomic E-state index is 12.4. The smallest absolute Gasteiger partial charge is 0.306 e. The summed E-state index contributed by atoms with van der Waals surface area (Å²) in [5, 5.41) is 11.8. The third-order valence-corrected chi connectivity index (χ3v) is 6.62. The summed E-state index contributed by atoms with van der Waals surface area (Å²) >= 11 is 0. The van der Waals surface area contributed by atoms with Gasteiger partial charge in [-0.1, -0.05) is 6.07 Å². The molecule has 8 heteroatoms. The van der Waals surface area contributed by atoms with Crippen LogP contribution >= 0.6 is 0 Å². The summed E-state index contributed by atoms with van der Waals surface area (Å²) in [6.45, 7) is 1.70. The van der Waals surface area contributed by atoms with Crippen LogP contribution in [0.15, 0.2) is 23.1 Å². The Balaban J connectivity index is 2.11. The minimum absolute atomic E-state index is 0.157. The number of aliphatic carboxylic acids is 1. The van der Waals surface area contributed by atoms with Gasteiger partial charge in [-0.2, -0.15) is 0 Å². The molecule has 1 saturated carbocycles. The molecule has 0 bridgehead atoms. The van der Waals surface area contributed by atoms with Crippen LogP contribution in [0, 0.1) is 18.8 Å². The van der Waals surface area contributed by atoms with Crippen molar-refractivity contribution in [2.24, 2.45) is 11.8 Å². The summed E-state index contributed by atoms with van der Waals surface area (Å²) in [6, 6.07) is 4.80. The number of carboxylic acid groups (broad SMARTS) is 1. The van der Waals surface area contributed by atoms with Crippen LogP contribution in [0.3, 0.4) is 0 Å². The van der Waals surface area contributed by atoms with Crippen LogP contribution in [0.1, 0.15) is 31.2 Å². The van der Waals surface area contributed by atoms with Gasteiger partial charge in [-0.3, -0.25) is 9.59 Å². The van der Waals surface area contributed by atoms with Crippen molar-refractivity contribution in [1.82, 2.24) is 4.31 Å². The van der Waals surface area contributed by atoms with E-state index in [1.807, 2.05) is 0 Å². The van der Waals surface area contributed by atoms with Crippen LogP contribution in [0.25, 0.3) is 0 Å². The monoisotopic (exact) mass is 368 g/mol. The molecule has 0 heterocycles. The largest absolute Gasteiger partial charge is 0.481 e. The molecule has 1 aliphatic carbocycles. The summed E-state index contributed by atoms with van der Waals surface area (Å²) in [4.78, 5) is 23.5. The number of carboxylic acids is 1. The third kappa shape index (κ3) is 4.38. The van der Waals surface area contributed by atoms with Gasteiger partial charge in [0, 0.05) is 25.7 Å². The van der Waals surface area contributed by atoms with E-state index < -0.39 is 16.0 Å². The molecular weight excluding hydrogens is 344 g/mol. The van der Waals surface area contributed by atoms with E-state index in [2.05, 4.69) is 5.32 Å². The summed E-state index contributed by atoms with van der Waals surface area (Å²) < 4.78 is 25.8. The van der Waals surface area contributed by atoms with Crippen molar-refractivity contribution in [3.8, 4) is 0 Å². The Morgan fingerprint density at radius 3 is 2.20 bits per heavy atom. The van der Waals surface area contributed by atoms with E-state index in [-0.39, 0.29) is 22.6 Å². The van der Waals surface area contributed by atoms with Crippen LogP contribution in [-0.4, -0.2) is 43.8 Å². The number of rotatable bonds is 5. The first-order valence-electron chi connectivity index (χ1n) is 8.19. The molecule has 0 aliphatic heterocycles. The number of sulfonamides is 1. The van der Waals surface area contributed by atoms with Gasteiger partial charge >= 0.3 is 5.97 Å². The Labute approximate surface area is 148 Å². The zero-order valence-corrected chi connectivity index (χ0v) is 15.5. The molecular formula is C17H24N2O5S. The predicted octanol–water partition coefficient (Wildman–Crippen LogP) is 2.07. The van der Waals surface area contributed by atoms with Gasteiger partial charge in [-0.15, -0.1) is 0 Å². The molecule has 0 aromatic heterocycles. The number of carbonyl (C=O) groups excluding carboxylic acids is 1. The van der Waals surface area contributed by atoms with E-state index in [0.29, 0.717) is 36.9 Å². The molecule has 25 heavy (non-hydrogen) atoms. The van der Waals surface area contributed by atoms with Crippen molar-refractivity contribution in [2.45, 2.75) is 37.5 Å². The predicted molar refractivity (Wildman–Crippen MR) is 93.8 cm³/mol. The second-order valence-electron chi connectivity index (χ2n) is 6.64. The molecule has 138 valence electrons. The summed E-state index contributed by atoms with van der Waals surface area (Å²) in [5.74, 6) is -1.62. The fourth-order valence-corrected chi connectivity index (χ4v) is 4.14. The first-order chi connectivity index (χ1) is 11.6. The zero-order chi connectivity index (χ0) is 18.8. The Morgan fingerprint density at radius 1 is 1.12 bits per heavy atom. The number of benzene rings is 1. The molecule has 0 spiro atoms. The summed E-state index contributed by atoms with van der Waals surface area (Å²) in [6.07, 6.45) is 2.03. The molecule has 1 fully saturated rings. The van der Waals surface area contributed by atoms with Crippen molar-refractivity contribution in [3.63, 3.8) is 0 Å². The first-order valence-corrected chi connectivity index (χ1v) is 9.63. The van der Waals surface area contributed by atoms with Crippen molar-refractivity contribution >= 4 is 27.6 Å². The Hall–Kier alpha value is -1.93. The van der Waals surface area contributed by atoms with Gasteiger partial charge in [0.15, 0.2) is 0 Å². The van der Waals surface area contributed by atoms with Gasteiger partial charge in [-0.05, 0) is 50.3 Å². The van der Waals surface area contributed by atoms with Gasteiger partial charge in [0.1, 0.15) is 0 Å². The maximum absolute atomic E-state index is 12.4. The van der Waals surface area contributed by atoms with Gasteiger partial charge in [0.2, 0.25) is 15.9 Å². The molecule has 2 rings (SSSR count). The average Bonchev–Trinajstić information content (AvgIpc) is 2.56. The standard InChI is InChI=1S/C17H24N2O5S/c1-11-4-9-14(10-15(11)25(23,24)19(2)3)18-16(20)12-5-7-13(8-6-12)17(21)22/h4,9-10,12-13H,5-8H2,1-3H3,(H,18,20)(H,21,22). The number of nitrogens with zero attached hydrogens (tertiary/aromatic N) is 1. The second kappa shape index (κ2) is 7.53.